The van der Waals surface area contributed by atoms with Gasteiger partial charge in [0, 0.05) is 0 Å². The number of hydrogen-bond acceptors (Lipinski definition) is 0. The predicted molar refractivity (Wildman–Crippen MR) is 61.9 cm³/mol. The fraction of sp³-hybridized carbons (Fsp3) is 0.625. The third-order valence-corrected chi connectivity index (χ3v) is 52.4. The van der Waals surface area contributed by atoms with Crippen LogP contribution in [-0.2, 0) is 10.6 Å². The van der Waals surface area contributed by atoms with Crippen LogP contribution in [0.15, 0.2) is 30.3 Å². The van der Waals surface area contributed by atoms with Crippen molar-refractivity contribution in [3.8, 4) is 0 Å². The van der Waals surface area contributed by atoms with Crippen LogP contribution in [0.5, 0.6) is 0 Å². The van der Waals surface area contributed by atoms with Crippen molar-refractivity contribution in [2.45, 2.75) is 48.4 Å². The molecule has 0 N–H and O–H groups in total. The van der Waals surface area contributed by atoms with E-state index in [1.807, 2.05) is 5.56 Å². The Morgan fingerprint density at radius 3 is 1.59 bits per heavy atom. The Labute approximate surface area is 90.5 Å². The van der Waals surface area contributed by atoms with Gasteiger partial charge in [-0.1, -0.05) is 0 Å². The first-order valence-electron chi connectivity index (χ1n) is 7.21. The average molecular weight is 265 g/mol. The first kappa shape index (κ1) is 5.78. The van der Waals surface area contributed by atoms with Crippen LogP contribution in [0.3, 0.4) is 0 Å². The van der Waals surface area contributed by atoms with Gasteiger partial charge in [-0.15, -0.1) is 0 Å². The quantitative estimate of drug-likeness (QED) is 0.656. The van der Waals surface area contributed by atoms with Crippen molar-refractivity contribution in [3.63, 3.8) is 0 Å². The van der Waals surface area contributed by atoms with Crippen LogP contribution >= 0.6 is 0 Å². The summed E-state index contributed by atoms with van der Waals surface area (Å²) in [5.74, 6) is 0. The molecule has 4 atom stereocenters. The molecule has 17 heavy (non-hydrogen) atoms. The van der Waals surface area contributed by atoms with Gasteiger partial charge in [0.2, 0.25) is 0 Å². The van der Waals surface area contributed by atoms with Crippen LogP contribution in [-0.4, -0.2) is 0 Å². The molecule has 10 aliphatic heterocycles. The van der Waals surface area contributed by atoms with Gasteiger partial charge in [-0.3, -0.25) is 0 Å². The molecule has 10 heterocycles. The molecule has 10 saturated heterocycles. The monoisotopic (exact) mass is 264 g/mol. The zero-order valence-electron chi connectivity index (χ0n) is 9.40. The summed E-state index contributed by atoms with van der Waals surface area (Å²) < 4.78 is 0.974. The first-order chi connectivity index (χ1) is 8.15. The molecule has 11 rings (SSSR count). The molecule has 0 aromatic heterocycles. The van der Waals surface area contributed by atoms with Gasteiger partial charge in [0.25, 0.3) is 0 Å². The van der Waals surface area contributed by atoms with Crippen LogP contribution in [0.4, 0.5) is 0 Å². The molecular weight excluding hydrogens is 251 g/mol. The van der Waals surface area contributed by atoms with Crippen molar-refractivity contribution in [1.29, 1.82) is 0 Å². The fourth-order valence-electron chi connectivity index (χ4n) is 15.8. The number of benzene rings is 1. The minimum absolute atomic E-state index is 0.974. The van der Waals surface area contributed by atoms with E-state index < -0.39 is 6.23 Å². The Balaban J connectivity index is 1.66. The molecule has 88 valence electrons. The molecule has 0 radical (unpaired) electrons. The molecule has 0 bridgehead atoms. The minimum atomic E-state index is -2.62. The Morgan fingerprint density at radius 2 is 1.24 bits per heavy atom. The van der Waals surface area contributed by atoms with Crippen molar-refractivity contribution < 1.29 is 6.23 Å². The second kappa shape index (κ2) is 0.463. The summed E-state index contributed by atoms with van der Waals surface area (Å²) in [7, 11) is 0. The molecule has 10 aliphatic rings. The second-order valence-electron chi connectivity index (χ2n) is 10.2. The van der Waals surface area contributed by atoms with Gasteiger partial charge in [-0.05, 0) is 0 Å². The molecule has 0 nitrogen and oxygen atoms in total. The van der Waals surface area contributed by atoms with Crippen LogP contribution in [0.1, 0.15) is 5.56 Å². The predicted octanol–water partition coefficient (Wildman–Crippen LogP) is 4.48. The maximum atomic E-state index is 2.54. The molecule has 1 aromatic rings. The van der Waals surface area contributed by atoms with Gasteiger partial charge in [0.05, 0.1) is 0 Å². The molecule has 1 spiro atoms. The van der Waals surface area contributed by atoms with E-state index in [0.717, 1.165) is 4.38 Å². The van der Waals surface area contributed by atoms with Crippen molar-refractivity contribution in [2.24, 2.45) is 0 Å². The Kier molecular flexibility index (Phi) is 0.158. The van der Waals surface area contributed by atoms with E-state index in [4.69, 9.17) is 0 Å². The fourth-order valence-corrected chi connectivity index (χ4v) is 79.4. The summed E-state index contributed by atoms with van der Waals surface area (Å²) in [6.45, 7) is 0. The number of fused-ring (bicyclic) bond motifs is 10. The third kappa shape index (κ3) is 0.0575. The van der Waals surface area contributed by atoms with Gasteiger partial charge in [-0.25, -0.2) is 0 Å². The van der Waals surface area contributed by atoms with Crippen LogP contribution in [0, 0.1) is 0 Å². The van der Waals surface area contributed by atoms with Gasteiger partial charge in [0.1, 0.15) is 0 Å². The summed E-state index contributed by atoms with van der Waals surface area (Å²) in [4.78, 5) is 13.1. The maximum absolute atomic E-state index is 2.62. The summed E-state index contributed by atoms with van der Waals surface area (Å²) >= 11 is 0. The number of rotatable bonds is 1. The van der Waals surface area contributed by atoms with Gasteiger partial charge >= 0.3 is 90.5 Å². The molecular formula is C16H14Ni. The van der Waals surface area contributed by atoms with E-state index in [-0.39, 0.29) is 0 Å². The molecule has 10 fully saturated rings. The number of hydrogen-bond donors (Lipinski definition) is 0. The average Bonchev–Trinajstić information content (AvgIpc) is 3.32. The van der Waals surface area contributed by atoms with E-state index in [0.29, 0.717) is 0 Å². The Bertz CT molecular complexity index is 1020. The zero-order valence-corrected chi connectivity index (χ0v) is 10.4. The van der Waals surface area contributed by atoms with Gasteiger partial charge in [0.15, 0.2) is 0 Å². The molecule has 0 aliphatic carbocycles. The van der Waals surface area contributed by atoms with Gasteiger partial charge < -0.3 is 0 Å². The van der Waals surface area contributed by atoms with Crippen molar-refractivity contribution in [3.05, 3.63) is 35.9 Å². The first-order valence-corrected chi connectivity index (χ1v) is 12.8. The molecule has 0 amide bonds. The van der Waals surface area contributed by atoms with Crippen molar-refractivity contribution >= 4 is 0 Å². The van der Waals surface area contributed by atoms with E-state index >= 15 is 0 Å². The SMILES string of the molecule is c1ccc([C]23[CH]4[CH]5[CH]6[CH]2[Ni]56432789[CH]3[CH]2[CH]7[CH]8[CH]39)cc1. The second-order valence-corrected chi connectivity index (χ2v) is 31.3. The summed E-state index contributed by atoms with van der Waals surface area (Å²) in [6, 6.07) is 12.0. The molecule has 4 unspecified atom stereocenters. The van der Waals surface area contributed by atoms with E-state index in [9.17, 15) is 0 Å². The topological polar surface area (TPSA) is 0 Å². The Hall–Kier alpha value is -0.286. The van der Waals surface area contributed by atoms with Gasteiger partial charge in [-0.2, -0.15) is 0 Å². The van der Waals surface area contributed by atoms with E-state index in [2.05, 4.69) is 30.3 Å². The van der Waals surface area contributed by atoms with E-state index in [1.54, 1.807) is 0 Å². The molecule has 0 saturated carbocycles. The summed E-state index contributed by atoms with van der Waals surface area (Å²) in [6.07, 6.45) is -2.62. The molecule has 1 heteroatoms. The van der Waals surface area contributed by atoms with Crippen molar-refractivity contribution in [1.82, 2.24) is 0 Å². The van der Waals surface area contributed by atoms with Crippen LogP contribution in [0.2, 0.25) is 44.0 Å². The standard InChI is InChI=1S/C11H9.C5H5.Ni/c1-2-6-10(7-3-1)11-8-4-5-9-11;1-2-4-5-3-1;/h1-9H;1-5H;. The third-order valence-electron chi connectivity index (χ3n) is 14.5. The molecule has 1 aromatic carbocycles. The summed E-state index contributed by atoms with van der Waals surface area (Å²) in [5, 5.41) is 0. The normalized spacial score (nSPS) is 119. The van der Waals surface area contributed by atoms with Crippen molar-refractivity contribution in [2.75, 3.05) is 0 Å². The van der Waals surface area contributed by atoms with Crippen LogP contribution in [0.25, 0.3) is 0 Å². The van der Waals surface area contributed by atoms with E-state index in [1.165, 1.54) is 44.0 Å². The van der Waals surface area contributed by atoms with Crippen LogP contribution < -0.4 is 0 Å². The zero-order chi connectivity index (χ0) is 10.1. The summed E-state index contributed by atoms with van der Waals surface area (Å²) in [5.41, 5.74) is 1.88. The Morgan fingerprint density at radius 1 is 0.706 bits per heavy atom.